The zero-order chi connectivity index (χ0) is 16.7. The summed E-state index contributed by atoms with van der Waals surface area (Å²) in [5.41, 5.74) is -3.12. The summed E-state index contributed by atoms with van der Waals surface area (Å²) in [6, 6.07) is 0. The third-order valence-corrected chi connectivity index (χ3v) is 3.13. The van der Waals surface area contributed by atoms with E-state index in [9.17, 15) is 30.7 Å². The molecule has 0 spiro atoms. The quantitative estimate of drug-likeness (QED) is 0.613. The van der Waals surface area contributed by atoms with Crippen molar-refractivity contribution in [3.05, 3.63) is 22.6 Å². The van der Waals surface area contributed by atoms with Crippen LogP contribution in [0.25, 0.3) is 10.8 Å². The summed E-state index contributed by atoms with van der Waals surface area (Å²) in [6.07, 6.45) is -9.86. The van der Waals surface area contributed by atoms with Crippen molar-refractivity contribution in [2.75, 3.05) is 7.11 Å². The fraction of sp³-hybridized carbons (Fsp3) is 0.300. The van der Waals surface area contributed by atoms with Crippen LogP contribution in [0.1, 0.15) is 11.3 Å². The molecule has 2 heterocycles. The monoisotopic (exact) mass is 347 g/mol. The Kier molecular flexibility index (Phi) is 3.98. The SMILES string of the molecule is COc1nc(-c2nc(C(F)(F)F)cs2)nc(F)c1C(F)(F)F. The molecule has 0 bridgehead atoms. The second-order valence-electron chi connectivity index (χ2n) is 3.76. The molecule has 0 N–H and O–H groups in total. The Hall–Kier alpha value is -1.98. The van der Waals surface area contributed by atoms with Crippen LogP contribution in [0.3, 0.4) is 0 Å². The second-order valence-corrected chi connectivity index (χ2v) is 4.61. The van der Waals surface area contributed by atoms with Crippen molar-refractivity contribution in [1.29, 1.82) is 0 Å². The summed E-state index contributed by atoms with van der Waals surface area (Å²) in [5, 5.41) is 0.124. The Balaban J connectivity index is 2.54. The maximum absolute atomic E-state index is 13.5. The lowest BCUT2D eigenvalue weighted by Gasteiger charge is -2.11. The minimum atomic E-state index is -5.12. The molecule has 0 aliphatic rings. The smallest absolute Gasteiger partial charge is 0.434 e. The van der Waals surface area contributed by atoms with Crippen molar-refractivity contribution in [3.63, 3.8) is 0 Å². The topological polar surface area (TPSA) is 47.9 Å². The lowest BCUT2D eigenvalue weighted by molar-refractivity contribution is -0.142. The van der Waals surface area contributed by atoms with Gasteiger partial charge in [0.1, 0.15) is 0 Å². The minimum Gasteiger partial charge on any atom is -0.480 e. The van der Waals surface area contributed by atoms with E-state index < -0.39 is 46.3 Å². The van der Waals surface area contributed by atoms with Crippen molar-refractivity contribution in [3.8, 4) is 16.7 Å². The molecule has 120 valence electrons. The molecule has 2 aromatic heterocycles. The Morgan fingerprint density at radius 3 is 2.09 bits per heavy atom. The third-order valence-electron chi connectivity index (χ3n) is 2.29. The fourth-order valence-electron chi connectivity index (χ4n) is 1.40. The average Bonchev–Trinajstić information content (AvgIpc) is 2.85. The van der Waals surface area contributed by atoms with E-state index in [0.29, 0.717) is 16.7 Å². The normalized spacial score (nSPS) is 12.5. The molecule has 0 fully saturated rings. The van der Waals surface area contributed by atoms with Gasteiger partial charge in [-0.15, -0.1) is 11.3 Å². The van der Waals surface area contributed by atoms with Crippen molar-refractivity contribution < 1.29 is 35.5 Å². The second kappa shape index (κ2) is 5.34. The Labute approximate surface area is 121 Å². The van der Waals surface area contributed by atoms with Crippen LogP contribution in [0.5, 0.6) is 5.88 Å². The molecule has 0 aromatic carbocycles. The third kappa shape index (κ3) is 3.10. The first kappa shape index (κ1) is 16.4. The lowest BCUT2D eigenvalue weighted by Crippen LogP contribution is -2.14. The first-order valence-electron chi connectivity index (χ1n) is 5.26. The van der Waals surface area contributed by atoms with Crippen LogP contribution in [0.4, 0.5) is 30.7 Å². The Bertz CT molecular complexity index is 695. The van der Waals surface area contributed by atoms with Gasteiger partial charge in [0.25, 0.3) is 0 Å². The molecule has 0 saturated carbocycles. The highest BCUT2D eigenvalue weighted by atomic mass is 32.1. The Morgan fingerprint density at radius 1 is 1.00 bits per heavy atom. The summed E-state index contributed by atoms with van der Waals surface area (Å²) >= 11 is 0.411. The molecular weight excluding hydrogens is 343 g/mol. The highest BCUT2D eigenvalue weighted by Gasteiger charge is 2.41. The summed E-state index contributed by atoms with van der Waals surface area (Å²) in [7, 11) is 0.809. The lowest BCUT2D eigenvalue weighted by atomic mass is 10.3. The molecule has 0 unspecified atom stereocenters. The van der Waals surface area contributed by atoms with E-state index in [1.807, 2.05) is 0 Å². The van der Waals surface area contributed by atoms with Gasteiger partial charge in [-0.1, -0.05) is 0 Å². The van der Waals surface area contributed by atoms with Crippen LogP contribution in [-0.2, 0) is 12.4 Å². The number of nitrogens with zero attached hydrogens (tertiary/aromatic N) is 3. The standard InChI is InChI=1S/C10H4F7N3OS/c1-21-7-4(10(15,16)17)5(11)19-6(20-7)8-18-3(2-22-8)9(12,13)14/h2H,1H3. The first-order valence-corrected chi connectivity index (χ1v) is 6.14. The van der Waals surface area contributed by atoms with Crippen molar-refractivity contribution in [2.45, 2.75) is 12.4 Å². The molecule has 0 aliphatic heterocycles. The Morgan fingerprint density at radius 2 is 1.64 bits per heavy atom. The zero-order valence-corrected chi connectivity index (χ0v) is 11.2. The molecular formula is C10H4F7N3OS. The number of thiazole rings is 1. The van der Waals surface area contributed by atoms with Gasteiger partial charge in [-0.3, -0.25) is 0 Å². The van der Waals surface area contributed by atoms with Crippen LogP contribution in [0, 0.1) is 5.95 Å². The van der Waals surface area contributed by atoms with Crippen LogP contribution in [0.2, 0.25) is 0 Å². The summed E-state index contributed by atoms with van der Waals surface area (Å²) in [5.74, 6) is -3.83. The number of hydrogen-bond donors (Lipinski definition) is 0. The molecule has 2 aromatic rings. The van der Waals surface area contributed by atoms with Gasteiger partial charge in [-0.05, 0) is 0 Å². The molecule has 4 nitrogen and oxygen atoms in total. The number of halogens is 7. The fourth-order valence-corrected chi connectivity index (χ4v) is 2.16. The zero-order valence-electron chi connectivity index (χ0n) is 10.4. The largest absolute Gasteiger partial charge is 0.480 e. The number of alkyl halides is 6. The summed E-state index contributed by atoms with van der Waals surface area (Å²) < 4.78 is 93.0. The molecule has 12 heteroatoms. The number of ether oxygens (including phenoxy) is 1. The van der Waals surface area contributed by atoms with E-state index >= 15 is 0 Å². The van der Waals surface area contributed by atoms with E-state index in [2.05, 4.69) is 19.7 Å². The molecule has 0 aliphatic carbocycles. The van der Waals surface area contributed by atoms with Crippen LogP contribution < -0.4 is 4.74 Å². The highest BCUT2D eigenvalue weighted by Crippen LogP contribution is 2.38. The maximum Gasteiger partial charge on any atom is 0.434 e. The predicted molar refractivity (Wildman–Crippen MR) is 59.7 cm³/mol. The van der Waals surface area contributed by atoms with Crippen molar-refractivity contribution in [2.24, 2.45) is 0 Å². The number of hydrogen-bond acceptors (Lipinski definition) is 5. The van der Waals surface area contributed by atoms with Gasteiger partial charge in [-0.2, -0.15) is 40.7 Å². The van der Waals surface area contributed by atoms with Gasteiger partial charge in [-0.25, -0.2) is 4.98 Å². The van der Waals surface area contributed by atoms with Gasteiger partial charge in [0.2, 0.25) is 11.8 Å². The van der Waals surface area contributed by atoms with Gasteiger partial charge in [0, 0.05) is 5.38 Å². The van der Waals surface area contributed by atoms with Gasteiger partial charge < -0.3 is 4.74 Å². The van der Waals surface area contributed by atoms with E-state index in [1.54, 1.807) is 0 Å². The first-order chi connectivity index (χ1) is 10.0. The molecule has 0 saturated heterocycles. The average molecular weight is 347 g/mol. The van der Waals surface area contributed by atoms with E-state index in [4.69, 9.17) is 0 Å². The van der Waals surface area contributed by atoms with Crippen molar-refractivity contribution >= 4 is 11.3 Å². The van der Waals surface area contributed by atoms with E-state index in [0.717, 1.165) is 7.11 Å². The highest BCUT2D eigenvalue weighted by molar-refractivity contribution is 7.13. The number of rotatable bonds is 2. The molecule has 22 heavy (non-hydrogen) atoms. The minimum absolute atomic E-state index is 0.411. The molecule has 0 atom stereocenters. The molecule has 0 radical (unpaired) electrons. The summed E-state index contributed by atoms with van der Waals surface area (Å²) in [4.78, 5) is 9.31. The maximum atomic E-state index is 13.5. The molecule has 2 rings (SSSR count). The van der Waals surface area contributed by atoms with Crippen molar-refractivity contribution in [1.82, 2.24) is 15.0 Å². The number of methoxy groups -OCH3 is 1. The van der Waals surface area contributed by atoms with Gasteiger partial charge in [0.15, 0.2) is 22.1 Å². The summed E-state index contributed by atoms with van der Waals surface area (Å²) in [6.45, 7) is 0. The van der Waals surface area contributed by atoms with Crippen LogP contribution >= 0.6 is 11.3 Å². The van der Waals surface area contributed by atoms with Crippen LogP contribution in [0.15, 0.2) is 5.38 Å². The van der Waals surface area contributed by atoms with Gasteiger partial charge >= 0.3 is 12.4 Å². The predicted octanol–water partition coefficient (Wildman–Crippen LogP) is 3.79. The van der Waals surface area contributed by atoms with E-state index in [1.165, 1.54) is 0 Å². The molecule has 0 amide bonds. The number of aromatic nitrogens is 3. The van der Waals surface area contributed by atoms with Gasteiger partial charge in [0.05, 0.1) is 7.11 Å². The van der Waals surface area contributed by atoms with Crippen LogP contribution in [-0.4, -0.2) is 22.1 Å². The van der Waals surface area contributed by atoms with E-state index in [-0.39, 0.29) is 0 Å².